The van der Waals surface area contributed by atoms with Crippen LogP contribution in [0.15, 0.2) is 18.2 Å². The number of halogens is 6. The van der Waals surface area contributed by atoms with Gasteiger partial charge in [0, 0.05) is 5.69 Å². The van der Waals surface area contributed by atoms with Gasteiger partial charge in [0.15, 0.2) is 0 Å². The van der Waals surface area contributed by atoms with E-state index in [1.54, 1.807) is 0 Å². The van der Waals surface area contributed by atoms with Crippen molar-refractivity contribution >= 4 is 5.69 Å². The van der Waals surface area contributed by atoms with Gasteiger partial charge in [-0.25, -0.2) is 0 Å². The van der Waals surface area contributed by atoms with Gasteiger partial charge in [-0.05, 0) is 25.1 Å². The van der Waals surface area contributed by atoms with Crippen molar-refractivity contribution in [2.45, 2.75) is 25.5 Å². The van der Waals surface area contributed by atoms with Gasteiger partial charge < -0.3 is 10.4 Å². The van der Waals surface area contributed by atoms with Crippen molar-refractivity contribution in [3.63, 3.8) is 0 Å². The summed E-state index contributed by atoms with van der Waals surface area (Å²) in [6.07, 6.45) is -11.1. The minimum atomic E-state index is -4.89. The van der Waals surface area contributed by atoms with Crippen LogP contribution >= 0.6 is 0 Å². The molecule has 1 unspecified atom stereocenters. The lowest BCUT2D eigenvalue weighted by atomic mass is 10.1. The van der Waals surface area contributed by atoms with Gasteiger partial charge in [0.05, 0.1) is 11.1 Å². The van der Waals surface area contributed by atoms with Crippen LogP contribution < -0.4 is 5.32 Å². The molecule has 0 heterocycles. The maximum atomic E-state index is 12.4. The summed E-state index contributed by atoms with van der Waals surface area (Å²) in [5.41, 5.74) is -3.31. The second-order valence-electron chi connectivity index (χ2n) is 3.61. The Labute approximate surface area is 98.2 Å². The number of benzene rings is 1. The van der Waals surface area contributed by atoms with E-state index >= 15 is 0 Å². The van der Waals surface area contributed by atoms with E-state index in [0.29, 0.717) is 12.1 Å². The molecule has 2 N–H and O–H groups in total. The Morgan fingerprint density at radius 1 is 0.944 bits per heavy atom. The summed E-state index contributed by atoms with van der Waals surface area (Å²) < 4.78 is 74.5. The van der Waals surface area contributed by atoms with Crippen LogP contribution in [0.3, 0.4) is 0 Å². The molecule has 0 aliphatic heterocycles. The molecule has 0 saturated carbocycles. The van der Waals surface area contributed by atoms with Crippen molar-refractivity contribution in [2.75, 3.05) is 5.32 Å². The predicted molar refractivity (Wildman–Crippen MR) is 51.7 cm³/mol. The molecule has 0 spiro atoms. The third-order valence-electron chi connectivity index (χ3n) is 1.96. The Morgan fingerprint density at radius 2 is 1.33 bits per heavy atom. The highest BCUT2D eigenvalue weighted by atomic mass is 19.4. The van der Waals surface area contributed by atoms with Crippen LogP contribution in [0, 0.1) is 0 Å². The average Bonchev–Trinajstić information content (AvgIpc) is 2.13. The highest BCUT2D eigenvalue weighted by Crippen LogP contribution is 2.37. The molecular formula is C10H9F6NO. The molecule has 18 heavy (non-hydrogen) atoms. The fraction of sp³-hybridized carbons (Fsp3) is 0.400. The number of aliphatic hydroxyl groups is 1. The lowest BCUT2D eigenvalue weighted by molar-refractivity contribution is -0.143. The van der Waals surface area contributed by atoms with E-state index in [0.717, 1.165) is 0 Å². The summed E-state index contributed by atoms with van der Waals surface area (Å²) in [6.45, 7) is 1.17. The molecule has 0 radical (unpaired) electrons. The van der Waals surface area contributed by atoms with Crippen LogP contribution in [-0.2, 0) is 12.4 Å². The number of nitrogens with one attached hydrogen (secondary N) is 1. The standard InChI is InChI=1S/C10H9F6NO/c1-5(18)17-8-3-6(9(11,12)13)2-7(4-8)10(14,15)16/h2-5,17-18H,1H3. The van der Waals surface area contributed by atoms with Crippen LogP contribution in [0.4, 0.5) is 32.0 Å². The zero-order valence-electron chi connectivity index (χ0n) is 9.02. The zero-order chi connectivity index (χ0) is 14.1. The first-order valence-electron chi connectivity index (χ1n) is 4.74. The van der Waals surface area contributed by atoms with Crippen molar-refractivity contribution in [3.8, 4) is 0 Å². The largest absolute Gasteiger partial charge is 0.416 e. The Morgan fingerprint density at radius 3 is 1.61 bits per heavy atom. The fourth-order valence-electron chi connectivity index (χ4n) is 1.28. The Hall–Kier alpha value is -1.44. The van der Waals surface area contributed by atoms with E-state index in [1.807, 2.05) is 0 Å². The van der Waals surface area contributed by atoms with Gasteiger partial charge in [-0.15, -0.1) is 0 Å². The molecule has 1 aromatic rings. The minimum absolute atomic E-state index is 0.0211. The summed E-state index contributed by atoms with van der Waals surface area (Å²) in [7, 11) is 0. The number of anilines is 1. The second kappa shape index (κ2) is 4.68. The third-order valence-corrected chi connectivity index (χ3v) is 1.96. The molecule has 0 amide bonds. The van der Waals surface area contributed by atoms with E-state index in [9.17, 15) is 26.3 Å². The smallest absolute Gasteiger partial charge is 0.374 e. The third kappa shape index (κ3) is 3.80. The first-order valence-corrected chi connectivity index (χ1v) is 4.74. The van der Waals surface area contributed by atoms with Gasteiger partial charge >= 0.3 is 12.4 Å². The SMILES string of the molecule is CC(O)Nc1cc(C(F)(F)F)cc(C(F)(F)F)c1. The van der Waals surface area contributed by atoms with Crippen LogP contribution in [0.5, 0.6) is 0 Å². The second-order valence-corrected chi connectivity index (χ2v) is 3.61. The van der Waals surface area contributed by atoms with E-state index in [-0.39, 0.29) is 6.07 Å². The van der Waals surface area contributed by atoms with Gasteiger partial charge in [-0.2, -0.15) is 26.3 Å². The Bertz CT molecular complexity index is 391. The fourth-order valence-corrected chi connectivity index (χ4v) is 1.28. The molecule has 8 heteroatoms. The molecule has 1 rings (SSSR count). The van der Waals surface area contributed by atoms with E-state index in [4.69, 9.17) is 5.11 Å². The highest BCUT2D eigenvalue weighted by molar-refractivity contribution is 5.50. The highest BCUT2D eigenvalue weighted by Gasteiger charge is 2.36. The lowest BCUT2D eigenvalue weighted by Crippen LogP contribution is -2.16. The normalized spacial score (nSPS) is 14.4. The van der Waals surface area contributed by atoms with Crippen molar-refractivity contribution < 1.29 is 31.4 Å². The Kier molecular flexibility index (Phi) is 3.80. The molecule has 1 aromatic carbocycles. The number of hydrogen-bond acceptors (Lipinski definition) is 2. The zero-order valence-corrected chi connectivity index (χ0v) is 9.02. The molecule has 0 fully saturated rings. The van der Waals surface area contributed by atoms with Gasteiger partial charge in [0.25, 0.3) is 0 Å². The van der Waals surface area contributed by atoms with Gasteiger partial charge in [0.2, 0.25) is 0 Å². The van der Waals surface area contributed by atoms with Crippen molar-refractivity contribution in [1.29, 1.82) is 0 Å². The molecule has 1 atom stereocenters. The molecule has 0 aliphatic rings. The molecule has 0 bridgehead atoms. The molecule has 102 valence electrons. The van der Waals surface area contributed by atoms with Crippen LogP contribution in [0.25, 0.3) is 0 Å². The maximum Gasteiger partial charge on any atom is 0.416 e. The molecule has 0 aliphatic carbocycles. The summed E-state index contributed by atoms with van der Waals surface area (Å²) in [5, 5.41) is 11.0. The number of hydrogen-bond donors (Lipinski definition) is 2. The minimum Gasteiger partial charge on any atom is -0.374 e. The maximum absolute atomic E-state index is 12.4. The Balaban J connectivity index is 3.29. The molecule has 0 aromatic heterocycles. The summed E-state index contributed by atoms with van der Waals surface area (Å²) >= 11 is 0. The van der Waals surface area contributed by atoms with Crippen molar-refractivity contribution in [3.05, 3.63) is 29.3 Å². The van der Waals surface area contributed by atoms with Crippen molar-refractivity contribution in [1.82, 2.24) is 0 Å². The van der Waals surface area contributed by atoms with E-state index in [2.05, 4.69) is 5.32 Å². The molecular weight excluding hydrogens is 264 g/mol. The van der Waals surface area contributed by atoms with Crippen LogP contribution in [0.2, 0.25) is 0 Å². The predicted octanol–water partition coefficient (Wildman–Crippen LogP) is 3.47. The van der Waals surface area contributed by atoms with E-state index in [1.165, 1.54) is 6.92 Å². The average molecular weight is 273 g/mol. The topological polar surface area (TPSA) is 32.3 Å². The summed E-state index contributed by atoms with van der Waals surface area (Å²) in [4.78, 5) is 0. The molecule has 0 saturated heterocycles. The summed E-state index contributed by atoms with van der Waals surface area (Å²) in [5.74, 6) is 0. The van der Waals surface area contributed by atoms with Gasteiger partial charge in [-0.1, -0.05) is 0 Å². The quantitative estimate of drug-likeness (QED) is 0.638. The van der Waals surface area contributed by atoms with E-state index < -0.39 is 35.4 Å². The number of alkyl halides is 6. The number of rotatable bonds is 2. The van der Waals surface area contributed by atoms with Crippen LogP contribution in [0.1, 0.15) is 18.1 Å². The van der Waals surface area contributed by atoms with Gasteiger partial charge in [-0.3, -0.25) is 0 Å². The van der Waals surface area contributed by atoms with Crippen molar-refractivity contribution in [2.24, 2.45) is 0 Å². The van der Waals surface area contributed by atoms with Gasteiger partial charge in [0.1, 0.15) is 6.23 Å². The first-order chi connectivity index (χ1) is 8.00. The lowest BCUT2D eigenvalue weighted by Gasteiger charge is -2.16. The monoisotopic (exact) mass is 273 g/mol. The van der Waals surface area contributed by atoms with Crippen LogP contribution in [-0.4, -0.2) is 11.3 Å². The first kappa shape index (κ1) is 14.6. The number of aliphatic hydroxyl groups excluding tert-OH is 1. The molecule has 2 nitrogen and oxygen atoms in total. The summed E-state index contributed by atoms with van der Waals surface area (Å²) in [6, 6.07) is 1.02.